The number of benzene rings is 4. The molecule has 0 saturated carbocycles. The van der Waals surface area contributed by atoms with E-state index in [4.69, 9.17) is 19.4 Å². The van der Waals surface area contributed by atoms with Gasteiger partial charge in [0, 0.05) is 18.7 Å². The van der Waals surface area contributed by atoms with Crippen LogP contribution in [0.4, 0.5) is 9.59 Å². The van der Waals surface area contributed by atoms with Crippen molar-refractivity contribution in [1.82, 2.24) is 40.4 Å². The number of hydrogen-bond donors (Lipinski definition) is 4. The van der Waals surface area contributed by atoms with Crippen molar-refractivity contribution in [2.24, 2.45) is 0 Å². The van der Waals surface area contributed by atoms with Crippen LogP contribution in [0.2, 0.25) is 0 Å². The Kier molecular flexibility index (Phi) is 10.9. The number of carbonyl (C=O) groups excluding carboxylic acids is 4. The number of carbonyl (C=O) groups is 4. The Labute approximate surface area is 335 Å². The largest absolute Gasteiger partial charge is 0.453 e. The van der Waals surface area contributed by atoms with E-state index in [2.05, 4.69) is 32.7 Å². The van der Waals surface area contributed by atoms with Crippen LogP contribution in [0, 0.1) is 0 Å². The van der Waals surface area contributed by atoms with E-state index in [0.29, 0.717) is 35.9 Å². The molecule has 58 heavy (non-hydrogen) atoms. The number of imidazole rings is 2. The monoisotopic (exact) mass is 780 g/mol. The Morgan fingerprint density at radius 3 is 1.79 bits per heavy atom. The van der Waals surface area contributed by atoms with E-state index < -0.39 is 24.3 Å². The standard InChI is InChI=1S/C44H44N8O6/c1-57-43(55)49-37(27-12-5-3-6-13-27)41(53)51-22-10-18-35(51)39-45-26-34(48-39)31-17-9-16-29(24-31)30-20-21-32-33(25-30)47-40(46-32)36-19-11-23-52(36)42(54)38(50-44(56)58-2)28-14-7-4-8-15-28/h3-9,12-17,20-21,24-26,35-38H,10-11,18-19,22-23H2,1-2H3,(H,45,48)(H,46,47)(H,49,55)(H,50,56)/t35-,36?,37+,38+/m0/s1. The number of fused-ring (bicyclic) bond motifs is 1. The number of amides is 4. The molecule has 296 valence electrons. The van der Waals surface area contributed by atoms with Crippen molar-refractivity contribution in [1.29, 1.82) is 0 Å². The molecule has 8 rings (SSSR count). The Bertz CT molecular complexity index is 2430. The molecule has 2 fully saturated rings. The van der Waals surface area contributed by atoms with Crippen LogP contribution >= 0.6 is 0 Å². The molecule has 2 aliphatic rings. The summed E-state index contributed by atoms with van der Waals surface area (Å²) in [6.45, 7) is 1.07. The van der Waals surface area contributed by atoms with E-state index in [-0.39, 0.29) is 23.9 Å². The lowest BCUT2D eigenvalue weighted by Gasteiger charge is -2.28. The molecule has 4 heterocycles. The fourth-order valence-electron chi connectivity index (χ4n) is 8.07. The average molecular weight is 781 g/mol. The summed E-state index contributed by atoms with van der Waals surface area (Å²) in [5.41, 5.74) is 6.68. The minimum atomic E-state index is -0.898. The molecule has 4 amide bonds. The molecule has 2 saturated heterocycles. The maximum absolute atomic E-state index is 14.0. The van der Waals surface area contributed by atoms with E-state index in [1.54, 1.807) is 16.0 Å². The number of H-pyrrole nitrogens is 2. The maximum atomic E-state index is 14.0. The number of alkyl carbamates (subject to hydrolysis) is 2. The number of likely N-dealkylation sites (tertiary alicyclic amines) is 2. The molecule has 1 unspecified atom stereocenters. The second-order valence-electron chi connectivity index (χ2n) is 14.5. The number of hydrogen-bond acceptors (Lipinski definition) is 8. The molecule has 2 aromatic heterocycles. The van der Waals surface area contributed by atoms with Crippen molar-refractivity contribution in [3.05, 3.63) is 132 Å². The van der Waals surface area contributed by atoms with Gasteiger partial charge in [-0.2, -0.15) is 0 Å². The van der Waals surface area contributed by atoms with Gasteiger partial charge in [0.15, 0.2) is 0 Å². The van der Waals surface area contributed by atoms with E-state index in [1.807, 2.05) is 91.0 Å². The molecule has 4 atom stereocenters. The summed E-state index contributed by atoms with van der Waals surface area (Å²) in [5, 5.41) is 5.43. The van der Waals surface area contributed by atoms with Gasteiger partial charge in [-0.25, -0.2) is 19.6 Å². The van der Waals surface area contributed by atoms with Gasteiger partial charge in [0.25, 0.3) is 11.8 Å². The van der Waals surface area contributed by atoms with Crippen molar-refractivity contribution >= 4 is 35.0 Å². The summed E-state index contributed by atoms with van der Waals surface area (Å²) in [4.78, 5) is 72.7. The zero-order chi connectivity index (χ0) is 40.2. The molecule has 2 aliphatic heterocycles. The number of aromatic nitrogens is 4. The van der Waals surface area contributed by atoms with Gasteiger partial charge in [0.1, 0.15) is 23.7 Å². The van der Waals surface area contributed by atoms with Crippen LogP contribution in [0.5, 0.6) is 0 Å². The normalized spacial score (nSPS) is 17.5. The van der Waals surface area contributed by atoms with Gasteiger partial charge in [-0.05, 0) is 66.1 Å². The van der Waals surface area contributed by atoms with Gasteiger partial charge < -0.3 is 39.9 Å². The summed E-state index contributed by atoms with van der Waals surface area (Å²) >= 11 is 0. The zero-order valence-corrected chi connectivity index (χ0v) is 32.2. The Morgan fingerprint density at radius 1 is 0.655 bits per heavy atom. The van der Waals surface area contributed by atoms with Crippen LogP contribution in [0.25, 0.3) is 33.4 Å². The van der Waals surface area contributed by atoms with Crippen LogP contribution in [0.15, 0.2) is 109 Å². The van der Waals surface area contributed by atoms with Crippen LogP contribution in [0.3, 0.4) is 0 Å². The maximum Gasteiger partial charge on any atom is 0.407 e. The zero-order valence-electron chi connectivity index (χ0n) is 32.2. The van der Waals surface area contributed by atoms with Crippen molar-refractivity contribution < 1.29 is 28.7 Å². The summed E-state index contributed by atoms with van der Waals surface area (Å²) in [6.07, 6.45) is 3.50. The Morgan fingerprint density at radius 2 is 1.21 bits per heavy atom. The first-order valence-electron chi connectivity index (χ1n) is 19.4. The van der Waals surface area contributed by atoms with E-state index >= 15 is 0 Å². The second-order valence-corrected chi connectivity index (χ2v) is 14.5. The highest BCUT2D eigenvalue weighted by Crippen LogP contribution is 2.37. The number of aromatic amines is 2. The smallest absolute Gasteiger partial charge is 0.407 e. The third kappa shape index (κ3) is 7.73. The van der Waals surface area contributed by atoms with Gasteiger partial charge in [-0.3, -0.25) is 9.59 Å². The minimum absolute atomic E-state index is 0.224. The van der Waals surface area contributed by atoms with Crippen molar-refractivity contribution in [2.75, 3.05) is 27.3 Å². The highest BCUT2D eigenvalue weighted by molar-refractivity contribution is 5.89. The van der Waals surface area contributed by atoms with Gasteiger partial charge >= 0.3 is 12.2 Å². The quantitative estimate of drug-likeness (QED) is 0.113. The third-order valence-electron chi connectivity index (χ3n) is 11.0. The molecular formula is C44H44N8O6. The van der Waals surface area contributed by atoms with Crippen LogP contribution in [0.1, 0.15) is 72.6 Å². The summed E-state index contributed by atoms with van der Waals surface area (Å²) in [5.74, 6) is 0.921. The Balaban J connectivity index is 1.00. The second kappa shape index (κ2) is 16.6. The number of methoxy groups -OCH3 is 2. The van der Waals surface area contributed by atoms with E-state index in [0.717, 1.165) is 59.1 Å². The van der Waals surface area contributed by atoms with Crippen molar-refractivity contribution in [2.45, 2.75) is 49.9 Å². The minimum Gasteiger partial charge on any atom is -0.453 e. The molecule has 14 heteroatoms. The fourth-order valence-corrected chi connectivity index (χ4v) is 8.07. The topological polar surface area (TPSA) is 175 Å². The SMILES string of the molecule is COC(=O)N[C@@H](C(=O)N1CCCC1c1nc2ccc(-c3cccc(-c4cnc([C@@H]5CCCN5C(=O)[C@H](NC(=O)OC)c5ccccc5)[nH]4)c3)cc2[nH]1)c1ccccc1. The first kappa shape index (κ1) is 37.9. The molecule has 14 nitrogen and oxygen atoms in total. The number of rotatable bonds is 10. The highest BCUT2D eigenvalue weighted by atomic mass is 16.5. The molecule has 0 aliphatic carbocycles. The predicted octanol–water partition coefficient (Wildman–Crippen LogP) is 7.14. The molecule has 0 spiro atoms. The van der Waals surface area contributed by atoms with E-state index in [1.165, 1.54) is 14.2 Å². The van der Waals surface area contributed by atoms with Crippen LogP contribution in [-0.2, 0) is 19.1 Å². The number of ether oxygens (including phenoxy) is 2. The first-order valence-corrected chi connectivity index (χ1v) is 19.4. The first-order chi connectivity index (χ1) is 28.3. The third-order valence-corrected chi connectivity index (χ3v) is 11.0. The fraction of sp³-hybridized carbons (Fsp3) is 0.273. The summed E-state index contributed by atoms with van der Waals surface area (Å²) in [6, 6.07) is 30.1. The molecule has 6 aromatic rings. The number of nitrogens with zero attached hydrogens (tertiary/aromatic N) is 4. The summed E-state index contributed by atoms with van der Waals surface area (Å²) < 4.78 is 9.68. The predicted molar refractivity (Wildman–Crippen MR) is 216 cm³/mol. The summed E-state index contributed by atoms with van der Waals surface area (Å²) in [7, 11) is 2.55. The van der Waals surface area contributed by atoms with Gasteiger partial charge in [0.05, 0.1) is 49.2 Å². The van der Waals surface area contributed by atoms with Crippen molar-refractivity contribution in [3.63, 3.8) is 0 Å². The molecule has 0 radical (unpaired) electrons. The molecule has 4 N–H and O–H groups in total. The van der Waals surface area contributed by atoms with Gasteiger partial charge in [-0.15, -0.1) is 0 Å². The van der Waals surface area contributed by atoms with Crippen LogP contribution in [-0.4, -0.2) is 81.0 Å². The number of nitrogens with one attached hydrogen (secondary N) is 4. The lowest BCUT2D eigenvalue weighted by molar-refractivity contribution is -0.135. The van der Waals surface area contributed by atoms with Gasteiger partial charge in [-0.1, -0.05) is 84.9 Å². The average Bonchev–Trinajstić information content (AvgIpc) is 4.11. The Hall–Kier alpha value is -6.96. The molecule has 4 aromatic carbocycles. The van der Waals surface area contributed by atoms with Gasteiger partial charge in [0.2, 0.25) is 0 Å². The van der Waals surface area contributed by atoms with E-state index in [9.17, 15) is 19.2 Å². The lowest BCUT2D eigenvalue weighted by Crippen LogP contribution is -2.42. The molecule has 0 bridgehead atoms. The van der Waals surface area contributed by atoms with Crippen LogP contribution < -0.4 is 10.6 Å². The van der Waals surface area contributed by atoms with Crippen molar-refractivity contribution in [3.8, 4) is 22.4 Å². The lowest BCUT2D eigenvalue weighted by atomic mass is 10.0. The molecular weight excluding hydrogens is 737 g/mol. The highest BCUT2D eigenvalue weighted by Gasteiger charge is 2.38.